The van der Waals surface area contributed by atoms with E-state index in [-0.39, 0.29) is 29.1 Å². The summed E-state index contributed by atoms with van der Waals surface area (Å²) in [6, 6.07) is 13.4. The van der Waals surface area contributed by atoms with Gasteiger partial charge in [-0.15, -0.1) is 0 Å². The maximum atomic E-state index is 13.6. The summed E-state index contributed by atoms with van der Waals surface area (Å²) < 4.78 is 31.5. The van der Waals surface area contributed by atoms with Crippen molar-refractivity contribution in [2.75, 3.05) is 37.3 Å². The molecule has 8 nitrogen and oxygen atoms in total. The molecule has 0 unspecified atom stereocenters. The van der Waals surface area contributed by atoms with Gasteiger partial charge in [0.15, 0.2) is 0 Å². The molecule has 0 spiro atoms. The lowest BCUT2D eigenvalue weighted by Crippen LogP contribution is -2.53. The average Bonchev–Trinajstić information content (AvgIpc) is 2.83. The van der Waals surface area contributed by atoms with Crippen LogP contribution in [0.1, 0.15) is 32.8 Å². The average molecular weight is 538 g/mol. The highest BCUT2D eigenvalue weighted by atomic mass is 35.5. The predicted octanol–water partition coefficient (Wildman–Crippen LogP) is 3.74. The Kier molecular flexibility index (Phi) is 11.0. The molecular weight excluding hydrogens is 502 g/mol. The Morgan fingerprint density at radius 3 is 2.31 bits per heavy atom. The van der Waals surface area contributed by atoms with Crippen LogP contribution < -0.4 is 14.4 Å². The number of amides is 2. The highest BCUT2D eigenvalue weighted by Crippen LogP contribution is 2.30. The lowest BCUT2D eigenvalue weighted by molar-refractivity contribution is -0.139. The van der Waals surface area contributed by atoms with Crippen LogP contribution in [0.4, 0.5) is 5.69 Å². The third kappa shape index (κ3) is 8.41. The van der Waals surface area contributed by atoms with Crippen LogP contribution in [-0.4, -0.2) is 64.2 Å². The van der Waals surface area contributed by atoms with E-state index in [4.69, 9.17) is 16.3 Å². The van der Waals surface area contributed by atoms with Crippen LogP contribution in [0.15, 0.2) is 48.5 Å². The summed E-state index contributed by atoms with van der Waals surface area (Å²) in [5, 5.41) is 3.13. The van der Waals surface area contributed by atoms with Crippen LogP contribution in [0.5, 0.6) is 5.75 Å². The van der Waals surface area contributed by atoms with Crippen molar-refractivity contribution in [3.63, 3.8) is 0 Å². The van der Waals surface area contributed by atoms with Gasteiger partial charge >= 0.3 is 0 Å². The largest absolute Gasteiger partial charge is 0.495 e. The summed E-state index contributed by atoms with van der Waals surface area (Å²) in [4.78, 5) is 28.1. The van der Waals surface area contributed by atoms with Crippen molar-refractivity contribution < 1.29 is 22.7 Å². The minimum absolute atomic E-state index is 0.219. The first-order chi connectivity index (χ1) is 17.0. The van der Waals surface area contributed by atoms with Crippen LogP contribution in [0.25, 0.3) is 0 Å². The zero-order chi connectivity index (χ0) is 26.9. The normalized spacial score (nSPS) is 12.2. The molecule has 0 aliphatic heterocycles. The monoisotopic (exact) mass is 537 g/mol. The Balaban J connectivity index is 2.37. The number of carbonyl (C=O) groups is 2. The summed E-state index contributed by atoms with van der Waals surface area (Å²) in [5.41, 5.74) is 1.24. The molecule has 198 valence electrons. The Bertz CT molecular complexity index is 1130. The molecule has 1 atom stereocenters. The van der Waals surface area contributed by atoms with E-state index in [0.29, 0.717) is 25.1 Å². The van der Waals surface area contributed by atoms with Gasteiger partial charge in [0.2, 0.25) is 21.8 Å². The van der Waals surface area contributed by atoms with Gasteiger partial charge in [-0.2, -0.15) is 0 Å². The van der Waals surface area contributed by atoms with E-state index in [9.17, 15) is 18.0 Å². The van der Waals surface area contributed by atoms with Crippen molar-refractivity contribution in [2.24, 2.45) is 5.92 Å². The standard InChI is InChI=1S/C26H36ClN3O5S/c1-6-23(26(32)28-17-19(2)3)29(15-14-20-10-8-7-9-11-20)25(31)18-30(36(5,33)34)21-12-13-24(35-4)22(27)16-21/h7-13,16,19,23H,6,14-15,17-18H2,1-5H3,(H,28,32)/t23-/m0/s1. The SMILES string of the molecule is CC[C@@H](C(=O)NCC(C)C)N(CCc1ccccc1)C(=O)CN(c1ccc(OC)c(Cl)c1)S(C)(=O)=O. The van der Waals surface area contributed by atoms with Gasteiger partial charge < -0.3 is 15.0 Å². The topological polar surface area (TPSA) is 96.0 Å². The zero-order valence-electron chi connectivity index (χ0n) is 21.5. The first kappa shape index (κ1) is 29.5. The maximum absolute atomic E-state index is 13.6. The first-order valence-corrected chi connectivity index (χ1v) is 14.1. The molecule has 10 heteroatoms. The molecule has 0 saturated carbocycles. The van der Waals surface area contributed by atoms with Gasteiger partial charge in [-0.05, 0) is 42.5 Å². The quantitative estimate of drug-likeness (QED) is 0.420. The van der Waals surface area contributed by atoms with E-state index in [1.165, 1.54) is 24.1 Å². The molecule has 0 radical (unpaired) electrons. The first-order valence-electron chi connectivity index (χ1n) is 11.9. The fraction of sp³-hybridized carbons (Fsp3) is 0.462. The summed E-state index contributed by atoms with van der Waals surface area (Å²) in [6.07, 6.45) is 1.94. The van der Waals surface area contributed by atoms with Crippen molar-refractivity contribution >= 4 is 39.1 Å². The third-order valence-corrected chi connectivity index (χ3v) is 7.09. The Morgan fingerprint density at radius 2 is 1.78 bits per heavy atom. The Morgan fingerprint density at radius 1 is 1.11 bits per heavy atom. The Labute approximate surface area is 219 Å². The number of methoxy groups -OCH3 is 1. The second kappa shape index (κ2) is 13.5. The molecule has 0 saturated heterocycles. The molecule has 36 heavy (non-hydrogen) atoms. The second-order valence-corrected chi connectivity index (χ2v) is 11.3. The molecule has 0 heterocycles. The molecule has 0 fully saturated rings. The summed E-state index contributed by atoms with van der Waals surface area (Å²) in [6.45, 7) is 6.09. The number of sulfonamides is 1. The lowest BCUT2D eigenvalue weighted by atomic mass is 10.1. The third-order valence-electron chi connectivity index (χ3n) is 5.66. The number of hydrogen-bond acceptors (Lipinski definition) is 5. The minimum atomic E-state index is -3.84. The van der Waals surface area contributed by atoms with Gasteiger partial charge in [0.25, 0.3) is 0 Å². The van der Waals surface area contributed by atoms with E-state index in [2.05, 4.69) is 5.32 Å². The molecular formula is C26H36ClN3O5S. The van der Waals surface area contributed by atoms with Crippen LogP contribution in [0.2, 0.25) is 5.02 Å². The summed E-state index contributed by atoms with van der Waals surface area (Å²) in [7, 11) is -2.38. The van der Waals surface area contributed by atoms with Crippen molar-refractivity contribution in [1.82, 2.24) is 10.2 Å². The van der Waals surface area contributed by atoms with Gasteiger partial charge in [0.1, 0.15) is 18.3 Å². The molecule has 2 amide bonds. The fourth-order valence-corrected chi connectivity index (χ4v) is 4.84. The number of nitrogens with one attached hydrogen (secondary N) is 1. The van der Waals surface area contributed by atoms with E-state index in [1.807, 2.05) is 51.1 Å². The number of hydrogen-bond donors (Lipinski definition) is 1. The number of carbonyl (C=O) groups excluding carboxylic acids is 2. The van der Waals surface area contributed by atoms with E-state index in [0.717, 1.165) is 16.1 Å². The molecule has 0 aromatic heterocycles. The van der Waals surface area contributed by atoms with Crippen molar-refractivity contribution in [3.8, 4) is 5.75 Å². The van der Waals surface area contributed by atoms with Crippen LogP contribution in [0, 0.1) is 5.92 Å². The van der Waals surface area contributed by atoms with E-state index < -0.39 is 28.5 Å². The molecule has 0 aliphatic carbocycles. The molecule has 1 N–H and O–H groups in total. The van der Waals surface area contributed by atoms with Gasteiger partial charge in [0, 0.05) is 13.1 Å². The number of ether oxygens (including phenoxy) is 1. The number of anilines is 1. The van der Waals surface area contributed by atoms with Gasteiger partial charge in [0.05, 0.1) is 24.1 Å². The van der Waals surface area contributed by atoms with Gasteiger partial charge in [-0.25, -0.2) is 8.42 Å². The number of rotatable bonds is 13. The van der Waals surface area contributed by atoms with Crippen molar-refractivity contribution in [1.29, 1.82) is 0 Å². The fourth-order valence-electron chi connectivity index (χ4n) is 3.74. The molecule has 0 bridgehead atoms. The molecule has 0 aliphatic rings. The van der Waals surface area contributed by atoms with Crippen LogP contribution >= 0.6 is 11.6 Å². The van der Waals surface area contributed by atoms with Gasteiger partial charge in [-0.1, -0.05) is 62.7 Å². The minimum Gasteiger partial charge on any atom is -0.495 e. The highest BCUT2D eigenvalue weighted by molar-refractivity contribution is 7.92. The molecule has 2 aromatic rings. The van der Waals surface area contributed by atoms with E-state index in [1.54, 1.807) is 6.07 Å². The molecule has 2 rings (SSSR count). The maximum Gasteiger partial charge on any atom is 0.244 e. The zero-order valence-corrected chi connectivity index (χ0v) is 23.1. The lowest BCUT2D eigenvalue weighted by Gasteiger charge is -2.33. The smallest absolute Gasteiger partial charge is 0.244 e. The number of nitrogens with zero attached hydrogens (tertiary/aromatic N) is 2. The number of halogens is 1. The summed E-state index contributed by atoms with van der Waals surface area (Å²) in [5.74, 6) is -0.0983. The van der Waals surface area contributed by atoms with Crippen LogP contribution in [-0.2, 0) is 26.0 Å². The van der Waals surface area contributed by atoms with Gasteiger partial charge in [-0.3, -0.25) is 13.9 Å². The number of benzene rings is 2. The van der Waals surface area contributed by atoms with E-state index >= 15 is 0 Å². The second-order valence-electron chi connectivity index (χ2n) is 8.97. The van der Waals surface area contributed by atoms with Crippen molar-refractivity contribution in [2.45, 2.75) is 39.7 Å². The predicted molar refractivity (Wildman–Crippen MR) is 144 cm³/mol. The van der Waals surface area contributed by atoms with Crippen molar-refractivity contribution in [3.05, 3.63) is 59.1 Å². The summed E-state index contributed by atoms with van der Waals surface area (Å²) >= 11 is 6.22. The Hall–Kier alpha value is -2.78. The van der Waals surface area contributed by atoms with Crippen LogP contribution in [0.3, 0.4) is 0 Å². The molecule has 2 aromatic carbocycles. The highest BCUT2D eigenvalue weighted by Gasteiger charge is 2.31.